The molecule has 0 saturated heterocycles. The van der Waals surface area contributed by atoms with Crippen LogP contribution in [-0.2, 0) is 70.5 Å². The Labute approximate surface area is 641 Å². The molecule has 558 valence electrons. The highest BCUT2D eigenvalue weighted by molar-refractivity contribution is 6.28. The van der Waals surface area contributed by atoms with Gasteiger partial charge in [-0.05, 0) is 173 Å². The van der Waals surface area contributed by atoms with Crippen molar-refractivity contribution in [3.05, 3.63) is 305 Å². The zero-order valence-electron chi connectivity index (χ0n) is 64.1. The number of hydrogen-bond donors (Lipinski definition) is 6. The van der Waals surface area contributed by atoms with Gasteiger partial charge in [0.15, 0.2) is 0 Å². The Kier molecular flexibility index (Phi) is 21.9. The lowest BCUT2D eigenvalue weighted by Crippen LogP contribution is -2.46. The van der Waals surface area contributed by atoms with Crippen LogP contribution in [0.15, 0.2) is 194 Å². The predicted octanol–water partition coefficient (Wildman–Crippen LogP) is 14.1. The van der Waals surface area contributed by atoms with Crippen LogP contribution >= 0.6 is 0 Å². The lowest BCUT2D eigenvalue weighted by molar-refractivity contribution is -0.122. The van der Waals surface area contributed by atoms with Crippen LogP contribution in [0, 0.1) is 11.8 Å². The van der Waals surface area contributed by atoms with E-state index >= 15 is 0 Å². The molecule has 6 aliphatic heterocycles. The maximum absolute atomic E-state index is 13.9. The van der Waals surface area contributed by atoms with Crippen LogP contribution in [0.5, 0.6) is 0 Å². The maximum Gasteiger partial charge on any atom is 0.261 e. The minimum Gasteiger partial charge on any atom is -0.350 e. The van der Waals surface area contributed by atoms with Gasteiger partial charge in [0.05, 0.1) is 0 Å². The molecule has 110 heavy (non-hydrogen) atoms. The summed E-state index contributed by atoms with van der Waals surface area (Å²) in [5.41, 5.74) is 13.0. The van der Waals surface area contributed by atoms with Gasteiger partial charge in [0.25, 0.3) is 47.3 Å². The van der Waals surface area contributed by atoms with Crippen LogP contribution in [0.2, 0.25) is 0 Å². The van der Waals surface area contributed by atoms with E-state index in [1.54, 1.807) is 48.5 Å². The van der Waals surface area contributed by atoms with Crippen molar-refractivity contribution in [1.82, 2.24) is 41.7 Å². The molecule has 18 nitrogen and oxygen atoms in total. The Balaban J connectivity index is 0.000000238. The number of rotatable bonds is 8. The van der Waals surface area contributed by atoms with Crippen molar-refractivity contribution in [3.63, 3.8) is 0 Å². The number of carbonyl (C=O) groups excluding carboxylic acids is 10. The summed E-state index contributed by atoms with van der Waals surface area (Å²) in [5, 5.41) is 20.2. The maximum atomic E-state index is 13.9. The van der Waals surface area contributed by atoms with E-state index in [-0.39, 0.29) is 58.4 Å². The highest BCUT2D eigenvalue weighted by Gasteiger charge is 2.39. The first-order valence-electron chi connectivity index (χ1n) is 36.8. The SMILES string of the molecule is CC(C)(C)c1cc2c3c(cc(C(C)(C)C)cc3c1)C(=O)N(CC(=O)NCc1ccc(C#Cc3ccc(CNC(=O)CN4C(=O)c5cc(C(C)(C)C)cc6cc(C(C)(C)C)cc(c56)C4=O)cc3)cc1)C2=O.O=C1NCc2ccc(cc2)CNC(=O)c2cccc(c2)C(=O)NCc2ccc(cc2)CNC(=O)c2cccc1c2. The molecule has 6 N–H and O–H groups in total. The van der Waals surface area contributed by atoms with Gasteiger partial charge in [-0.3, -0.25) is 57.7 Å². The van der Waals surface area contributed by atoms with Crippen LogP contribution in [-0.4, -0.2) is 82.0 Å². The van der Waals surface area contributed by atoms with Gasteiger partial charge in [0.2, 0.25) is 11.8 Å². The third kappa shape index (κ3) is 17.8. The van der Waals surface area contributed by atoms with Crippen LogP contribution in [0.4, 0.5) is 0 Å². The number of nitrogens with one attached hydrogen (secondary N) is 6. The number of imide groups is 2. The summed E-state index contributed by atoms with van der Waals surface area (Å²) in [5.74, 6) is 2.38. The van der Waals surface area contributed by atoms with Gasteiger partial charge in [-0.2, -0.15) is 0 Å². The van der Waals surface area contributed by atoms with Crippen LogP contribution in [0.1, 0.15) is 233 Å². The Morgan fingerprint density at radius 3 is 0.818 bits per heavy atom. The van der Waals surface area contributed by atoms with Gasteiger partial charge >= 0.3 is 0 Å². The molecule has 0 unspecified atom stereocenters. The first kappa shape index (κ1) is 77.0. The summed E-state index contributed by atoms with van der Waals surface area (Å²) in [4.78, 5) is 135. The second kappa shape index (κ2) is 31.3. The number of amides is 10. The molecule has 16 rings (SSSR count). The molecule has 0 radical (unpaired) electrons. The lowest BCUT2D eigenvalue weighted by atomic mass is 9.79. The number of carbonyl (C=O) groups is 10. The van der Waals surface area contributed by atoms with E-state index < -0.39 is 48.5 Å². The number of nitrogens with zero attached hydrogens (tertiary/aromatic N) is 2. The van der Waals surface area contributed by atoms with Crippen LogP contribution < -0.4 is 31.9 Å². The summed E-state index contributed by atoms with van der Waals surface area (Å²) in [7, 11) is 0. The van der Waals surface area contributed by atoms with Gasteiger partial charge in [0.1, 0.15) is 13.1 Å². The highest BCUT2D eigenvalue weighted by Crippen LogP contribution is 2.40. The molecular weight excluding hydrogens is 1380 g/mol. The minimum absolute atomic E-state index is 0.195. The fourth-order valence-electron chi connectivity index (χ4n) is 13.1. The van der Waals surface area contributed by atoms with Crippen molar-refractivity contribution in [2.24, 2.45) is 0 Å². The predicted molar refractivity (Wildman–Crippen MR) is 426 cm³/mol. The first-order chi connectivity index (χ1) is 52.1. The van der Waals surface area contributed by atoms with E-state index in [1.165, 1.54) is 0 Å². The normalized spacial score (nSPS) is 14.2. The fourth-order valence-corrected chi connectivity index (χ4v) is 13.1. The molecule has 10 aromatic rings. The van der Waals surface area contributed by atoms with Gasteiger partial charge < -0.3 is 31.9 Å². The second-order valence-electron chi connectivity index (χ2n) is 32.4. The van der Waals surface area contributed by atoms with E-state index in [9.17, 15) is 47.9 Å². The summed E-state index contributed by atoms with van der Waals surface area (Å²) >= 11 is 0. The fraction of sp³-hybridized carbons (Fsp3) is 0.261. The number of hydrogen-bond acceptors (Lipinski definition) is 10. The second-order valence-corrected chi connectivity index (χ2v) is 32.4. The minimum atomic E-state index is -0.479. The zero-order valence-corrected chi connectivity index (χ0v) is 64.1. The van der Waals surface area contributed by atoms with Crippen molar-refractivity contribution in [3.8, 4) is 11.8 Å². The molecule has 0 atom stereocenters. The highest BCUT2D eigenvalue weighted by atomic mass is 16.2. The van der Waals surface area contributed by atoms with E-state index in [0.29, 0.717) is 81.5 Å². The standard InChI is InChI=1S/C60H62N4O6.C32H28N4O4/c1-57(2,3)41-23-39-24-42(58(4,5)6)28-46-51(39)45(27-41)53(67)63(54(46)68)33-49(65)61-31-37-19-15-35(16-20-37)13-14-36-17-21-38(22-18-36)32-62-50(66)34-64-55(69)47-29-43(59(7,8)9)25-40-26-44(60(10,11)12)30-48(52(40)47)56(64)70;37-29-25-3-1-4-26(15-25)30(38)34-18-22-9-13-24(14-10-22)20-36-32(40)28-6-2-5-27(16-28)31(39)35-19-23-11-7-21(8-12-23)17-33-29/h15-30H,31-34H2,1-12H3,(H,61,65)(H,62,66);1-16H,17-20H2,(H,33,37)(H,34,38)(H,35,39)(H,36,40). The topological polar surface area (TPSA) is 249 Å². The quantitative estimate of drug-likeness (QED) is 0.0620. The third-order valence-electron chi connectivity index (χ3n) is 19.9. The van der Waals surface area contributed by atoms with Crippen molar-refractivity contribution < 1.29 is 47.9 Å². The Bertz CT molecular complexity index is 4870. The average Bonchev–Trinajstić information content (AvgIpc) is 0.733. The molecule has 0 aliphatic carbocycles. The van der Waals surface area contributed by atoms with Crippen molar-refractivity contribution in [2.75, 3.05) is 13.1 Å². The Morgan fingerprint density at radius 1 is 0.336 bits per heavy atom. The summed E-state index contributed by atoms with van der Waals surface area (Å²) in [6.45, 7) is 25.8. The molecule has 0 spiro atoms. The molecule has 8 bridgehead atoms. The molecule has 0 fully saturated rings. The summed E-state index contributed by atoms with van der Waals surface area (Å²) in [6.07, 6.45) is 0. The molecule has 6 aliphatic rings. The molecule has 10 aromatic carbocycles. The van der Waals surface area contributed by atoms with E-state index in [2.05, 4.69) is 151 Å². The van der Waals surface area contributed by atoms with E-state index in [1.807, 2.05) is 121 Å². The zero-order chi connectivity index (χ0) is 78.7. The molecule has 6 heterocycles. The smallest absolute Gasteiger partial charge is 0.261 e. The lowest BCUT2D eigenvalue weighted by Gasteiger charge is -2.31. The molecule has 0 aromatic heterocycles. The average molecular weight is 1470 g/mol. The number of benzene rings is 10. The first-order valence-corrected chi connectivity index (χ1v) is 36.8. The Morgan fingerprint density at radius 2 is 0.582 bits per heavy atom. The van der Waals surface area contributed by atoms with Crippen molar-refractivity contribution >= 4 is 80.6 Å². The van der Waals surface area contributed by atoms with Crippen molar-refractivity contribution in [2.45, 2.75) is 144 Å². The monoisotopic (exact) mass is 1470 g/mol. The van der Waals surface area contributed by atoms with Gasteiger partial charge in [-0.25, -0.2) is 0 Å². The molecular formula is C92H90N8O10. The summed E-state index contributed by atoms with van der Waals surface area (Å²) in [6, 6.07) is 58.8. The van der Waals surface area contributed by atoms with Crippen LogP contribution in [0.3, 0.4) is 0 Å². The molecule has 10 amide bonds. The molecule has 0 saturated carbocycles. The van der Waals surface area contributed by atoms with Gasteiger partial charge in [-0.1, -0.05) is 204 Å². The molecule has 18 heteroatoms. The summed E-state index contributed by atoms with van der Waals surface area (Å²) < 4.78 is 0. The van der Waals surface area contributed by atoms with E-state index in [0.717, 1.165) is 87.3 Å². The van der Waals surface area contributed by atoms with Gasteiger partial charge in [-0.15, -0.1) is 0 Å². The third-order valence-corrected chi connectivity index (χ3v) is 19.9. The van der Waals surface area contributed by atoms with E-state index in [4.69, 9.17) is 0 Å². The largest absolute Gasteiger partial charge is 0.350 e. The van der Waals surface area contributed by atoms with Gasteiger partial charge in [0, 0.05) is 106 Å². The van der Waals surface area contributed by atoms with Crippen molar-refractivity contribution in [1.29, 1.82) is 0 Å². The Hall–Kier alpha value is -12.6. The van der Waals surface area contributed by atoms with Crippen LogP contribution in [0.25, 0.3) is 21.5 Å².